The molecule has 0 aromatic rings. The molecule has 0 radical (unpaired) electrons. The van der Waals surface area contributed by atoms with Crippen LogP contribution in [0.5, 0.6) is 0 Å². The van der Waals surface area contributed by atoms with Crippen LogP contribution in [0.15, 0.2) is 12.2 Å². The number of rotatable bonds is 3. The molecule has 0 N–H and O–H groups in total. The van der Waals surface area contributed by atoms with Crippen LogP contribution < -0.4 is 0 Å². The number of hydrogen-bond acceptors (Lipinski definition) is 3. The van der Waals surface area contributed by atoms with Crippen molar-refractivity contribution in [2.45, 2.75) is 25.7 Å². The van der Waals surface area contributed by atoms with E-state index in [2.05, 4.69) is 12.2 Å². The predicted octanol–water partition coefficient (Wildman–Crippen LogP) is 1.76. The molecule has 0 atom stereocenters. The molecular weight excluding hydrogens is 184 g/mol. The molecule has 4 heteroatoms. The molecule has 0 aliphatic heterocycles. The summed E-state index contributed by atoms with van der Waals surface area (Å²) in [6, 6.07) is 0. The van der Waals surface area contributed by atoms with Crippen molar-refractivity contribution in [3.63, 3.8) is 0 Å². The molecule has 0 unspecified atom stereocenters. The lowest BCUT2D eigenvalue weighted by Crippen LogP contribution is -2.21. The monoisotopic (exact) mass is 204 g/mol. The van der Waals surface area contributed by atoms with Gasteiger partial charge in [0.25, 0.3) is 0 Å². The lowest BCUT2D eigenvalue weighted by molar-refractivity contribution is 0.163. The minimum atomic E-state index is -1.67. The van der Waals surface area contributed by atoms with Crippen LogP contribution in [0.1, 0.15) is 25.7 Å². The first kappa shape index (κ1) is 12.8. The van der Waals surface area contributed by atoms with E-state index in [4.69, 9.17) is 13.3 Å². The van der Waals surface area contributed by atoms with Gasteiger partial charge in [-0.3, -0.25) is 0 Å². The molecule has 0 saturated heterocycles. The topological polar surface area (TPSA) is 27.7 Å². The van der Waals surface area contributed by atoms with E-state index in [1.165, 1.54) is 25.7 Å². The zero-order chi connectivity index (χ0) is 9.94. The van der Waals surface area contributed by atoms with Crippen molar-refractivity contribution in [1.82, 2.24) is 0 Å². The minimum absolute atomic E-state index is 1.32. The summed E-state index contributed by atoms with van der Waals surface area (Å²) in [5.74, 6) is 0. The lowest BCUT2D eigenvalue weighted by Gasteiger charge is -2.05. The summed E-state index contributed by atoms with van der Waals surface area (Å²) in [5, 5.41) is 0. The largest absolute Gasteiger partial charge is 0.483 e. The minimum Gasteiger partial charge on any atom is -0.379 e. The third kappa shape index (κ3) is 8.17. The van der Waals surface area contributed by atoms with Gasteiger partial charge in [-0.15, -0.1) is 0 Å². The molecular formula is C9H20O3Si. The van der Waals surface area contributed by atoms with E-state index in [0.29, 0.717) is 0 Å². The molecule has 1 rings (SSSR count). The maximum absolute atomic E-state index is 4.74. The van der Waals surface area contributed by atoms with Crippen LogP contribution in [0, 0.1) is 0 Å². The molecule has 0 aromatic carbocycles. The highest BCUT2D eigenvalue weighted by Gasteiger charge is 2.04. The average molecular weight is 204 g/mol. The van der Waals surface area contributed by atoms with Crippen molar-refractivity contribution in [2.24, 2.45) is 0 Å². The summed E-state index contributed by atoms with van der Waals surface area (Å²) >= 11 is 0. The third-order valence-corrected chi connectivity index (χ3v) is 2.89. The summed E-state index contributed by atoms with van der Waals surface area (Å²) in [5.41, 5.74) is 0. The fourth-order valence-corrected chi connectivity index (χ4v) is 1.63. The Morgan fingerprint density at radius 1 is 0.846 bits per heavy atom. The second-order valence-electron chi connectivity index (χ2n) is 2.75. The van der Waals surface area contributed by atoms with Crippen LogP contribution in [0.4, 0.5) is 0 Å². The van der Waals surface area contributed by atoms with Gasteiger partial charge in [0.15, 0.2) is 0 Å². The molecule has 0 heterocycles. The Labute approximate surface area is 82.7 Å². The Morgan fingerprint density at radius 2 is 1.23 bits per heavy atom. The second-order valence-corrected chi connectivity index (χ2v) is 4.74. The van der Waals surface area contributed by atoms with E-state index in [9.17, 15) is 0 Å². The van der Waals surface area contributed by atoms with Crippen molar-refractivity contribution >= 4 is 9.53 Å². The van der Waals surface area contributed by atoms with Gasteiger partial charge in [-0.2, -0.15) is 0 Å². The quantitative estimate of drug-likeness (QED) is 0.518. The maximum Gasteiger partial charge on any atom is 0.483 e. The Kier molecular flexibility index (Phi) is 9.80. The smallest absolute Gasteiger partial charge is 0.379 e. The van der Waals surface area contributed by atoms with E-state index in [-0.39, 0.29) is 0 Å². The van der Waals surface area contributed by atoms with Crippen LogP contribution in [0.25, 0.3) is 0 Å². The van der Waals surface area contributed by atoms with Gasteiger partial charge in [-0.25, -0.2) is 0 Å². The zero-order valence-electron chi connectivity index (χ0n) is 8.79. The molecule has 0 saturated carbocycles. The van der Waals surface area contributed by atoms with Crippen LogP contribution >= 0.6 is 0 Å². The van der Waals surface area contributed by atoms with E-state index in [1.54, 1.807) is 21.3 Å². The van der Waals surface area contributed by atoms with Gasteiger partial charge in [-0.05, 0) is 25.7 Å². The van der Waals surface area contributed by atoms with Gasteiger partial charge >= 0.3 is 9.53 Å². The van der Waals surface area contributed by atoms with E-state index in [0.717, 1.165) is 0 Å². The second kappa shape index (κ2) is 9.92. The third-order valence-electron chi connectivity index (χ3n) is 1.74. The molecule has 0 aromatic heterocycles. The van der Waals surface area contributed by atoms with Crippen molar-refractivity contribution in [3.05, 3.63) is 12.2 Å². The molecule has 1 aliphatic carbocycles. The summed E-state index contributed by atoms with van der Waals surface area (Å²) in [4.78, 5) is 0. The summed E-state index contributed by atoms with van der Waals surface area (Å²) in [6.07, 6.45) is 10.0. The van der Waals surface area contributed by atoms with Crippen LogP contribution in [0.2, 0.25) is 0 Å². The number of hydrogen-bond donors (Lipinski definition) is 0. The standard InChI is InChI=1S/C6H10.C3H10O3Si/c1-2-4-6-5-3-1;1-4-7(5-2)6-3/h1-2H,3-6H2;7H,1-3H3. The van der Waals surface area contributed by atoms with E-state index in [1.807, 2.05) is 0 Å². The molecule has 0 spiro atoms. The van der Waals surface area contributed by atoms with Crippen molar-refractivity contribution in [1.29, 1.82) is 0 Å². The first-order valence-corrected chi connectivity index (χ1v) is 6.00. The Balaban J connectivity index is 0.000000223. The Hall–Kier alpha value is -0.163. The molecule has 78 valence electrons. The summed E-state index contributed by atoms with van der Waals surface area (Å²) in [6.45, 7) is 0. The molecule has 0 fully saturated rings. The first-order valence-electron chi connectivity index (χ1n) is 4.58. The van der Waals surface area contributed by atoms with E-state index >= 15 is 0 Å². The summed E-state index contributed by atoms with van der Waals surface area (Å²) < 4.78 is 14.2. The first-order chi connectivity index (χ1) is 6.35. The zero-order valence-corrected chi connectivity index (χ0v) is 9.94. The Morgan fingerprint density at radius 3 is 1.31 bits per heavy atom. The van der Waals surface area contributed by atoms with Gasteiger partial charge in [0.1, 0.15) is 0 Å². The maximum atomic E-state index is 4.74. The molecule has 3 nitrogen and oxygen atoms in total. The predicted molar refractivity (Wildman–Crippen MR) is 55.8 cm³/mol. The lowest BCUT2D eigenvalue weighted by atomic mass is 10.1. The van der Waals surface area contributed by atoms with Gasteiger partial charge in [0.05, 0.1) is 0 Å². The Bertz CT molecular complexity index is 111. The molecule has 13 heavy (non-hydrogen) atoms. The van der Waals surface area contributed by atoms with Gasteiger partial charge in [0, 0.05) is 21.3 Å². The van der Waals surface area contributed by atoms with E-state index < -0.39 is 9.53 Å². The van der Waals surface area contributed by atoms with Gasteiger partial charge < -0.3 is 13.3 Å². The fourth-order valence-electron chi connectivity index (χ4n) is 1.05. The van der Waals surface area contributed by atoms with Crippen LogP contribution in [-0.2, 0) is 13.3 Å². The highest BCUT2D eigenvalue weighted by molar-refractivity contribution is 6.36. The number of allylic oxidation sites excluding steroid dienone is 2. The van der Waals surface area contributed by atoms with Crippen LogP contribution in [-0.4, -0.2) is 30.9 Å². The van der Waals surface area contributed by atoms with Gasteiger partial charge in [-0.1, -0.05) is 12.2 Å². The average Bonchev–Trinajstić information content (AvgIpc) is 2.24. The van der Waals surface area contributed by atoms with Crippen molar-refractivity contribution in [2.75, 3.05) is 21.3 Å². The molecule has 0 amide bonds. The highest BCUT2D eigenvalue weighted by Crippen LogP contribution is 2.07. The van der Waals surface area contributed by atoms with Crippen LogP contribution in [0.3, 0.4) is 0 Å². The van der Waals surface area contributed by atoms with Gasteiger partial charge in [0.2, 0.25) is 0 Å². The molecule has 0 bridgehead atoms. The SMILES string of the molecule is C1=CCCCC1.CO[SiH](OC)OC. The fraction of sp³-hybridized carbons (Fsp3) is 0.778. The van der Waals surface area contributed by atoms with Crippen molar-refractivity contribution in [3.8, 4) is 0 Å². The normalized spacial score (nSPS) is 15.4. The molecule has 1 aliphatic rings. The summed E-state index contributed by atoms with van der Waals surface area (Å²) in [7, 11) is 3.05. The van der Waals surface area contributed by atoms with Crippen molar-refractivity contribution < 1.29 is 13.3 Å². The highest BCUT2D eigenvalue weighted by atomic mass is 28.3.